The highest BCUT2D eigenvalue weighted by atomic mass is 16.5. The number of rotatable bonds is 3. The van der Waals surface area contributed by atoms with Gasteiger partial charge in [0, 0.05) is 23.9 Å². The van der Waals surface area contributed by atoms with Crippen LogP contribution in [-0.4, -0.2) is 33.2 Å². The molecule has 1 atom stereocenters. The van der Waals surface area contributed by atoms with Crippen LogP contribution in [-0.2, 0) is 19.4 Å². The van der Waals surface area contributed by atoms with Gasteiger partial charge in [0.1, 0.15) is 5.76 Å². The number of nitrogens with one attached hydrogen (secondary N) is 1. The van der Waals surface area contributed by atoms with Crippen LogP contribution < -0.4 is 0 Å². The summed E-state index contributed by atoms with van der Waals surface area (Å²) < 4.78 is 5.16. The molecule has 1 amide bonds. The van der Waals surface area contributed by atoms with Crippen molar-refractivity contribution in [2.75, 3.05) is 7.05 Å². The van der Waals surface area contributed by atoms with Crippen molar-refractivity contribution in [2.24, 2.45) is 5.92 Å². The number of aromatic amines is 1. The highest BCUT2D eigenvalue weighted by Gasteiger charge is 2.27. The molecule has 6 heteroatoms. The highest BCUT2D eigenvalue weighted by Crippen LogP contribution is 2.27. The monoisotopic (exact) mass is 302 g/mol. The molecule has 2 heterocycles. The molecular formula is C16H22N4O2. The van der Waals surface area contributed by atoms with Crippen LogP contribution in [0.4, 0.5) is 0 Å². The summed E-state index contributed by atoms with van der Waals surface area (Å²) in [6.45, 7) is 6.46. The van der Waals surface area contributed by atoms with Crippen molar-refractivity contribution in [1.82, 2.24) is 20.3 Å². The van der Waals surface area contributed by atoms with E-state index in [0.29, 0.717) is 18.2 Å². The molecular weight excluding hydrogens is 280 g/mol. The summed E-state index contributed by atoms with van der Waals surface area (Å²) in [5.74, 6) is 1.31. The van der Waals surface area contributed by atoms with Crippen LogP contribution in [0.15, 0.2) is 4.52 Å². The standard InChI is InChI=1S/C16H22N4O2/c1-9-5-6-14-12(7-9)15(18-17-14)16(21)20(4)8-13-10(2)19-22-11(13)3/h9H,5-8H2,1-4H3,(H,17,18)/t9-/m0/s1. The van der Waals surface area contributed by atoms with Gasteiger partial charge in [-0.15, -0.1) is 0 Å². The number of aromatic nitrogens is 3. The summed E-state index contributed by atoms with van der Waals surface area (Å²) in [4.78, 5) is 14.4. The van der Waals surface area contributed by atoms with Crippen molar-refractivity contribution in [2.45, 2.75) is 46.6 Å². The van der Waals surface area contributed by atoms with Gasteiger partial charge in [-0.25, -0.2) is 0 Å². The predicted octanol–water partition coefficient (Wildman–Crippen LogP) is 2.41. The minimum atomic E-state index is -0.0494. The number of hydrogen-bond acceptors (Lipinski definition) is 4. The number of amides is 1. The molecule has 2 aromatic heterocycles. The van der Waals surface area contributed by atoms with E-state index in [9.17, 15) is 4.79 Å². The average Bonchev–Trinajstić information content (AvgIpc) is 3.04. The largest absolute Gasteiger partial charge is 0.361 e. The van der Waals surface area contributed by atoms with Crippen molar-refractivity contribution in [3.63, 3.8) is 0 Å². The van der Waals surface area contributed by atoms with Gasteiger partial charge in [-0.05, 0) is 39.0 Å². The average molecular weight is 302 g/mol. The Morgan fingerprint density at radius 3 is 2.91 bits per heavy atom. The molecule has 0 bridgehead atoms. The Labute approximate surface area is 129 Å². The summed E-state index contributed by atoms with van der Waals surface area (Å²) in [5.41, 5.74) is 4.57. The van der Waals surface area contributed by atoms with Crippen LogP contribution in [0.3, 0.4) is 0 Å². The molecule has 0 aromatic carbocycles. The first-order valence-electron chi connectivity index (χ1n) is 7.70. The van der Waals surface area contributed by atoms with Gasteiger partial charge in [0.05, 0.1) is 12.2 Å². The lowest BCUT2D eigenvalue weighted by molar-refractivity contribution is 0.0777. The first kappa shape index (κ1) is 14.8. The maximum atomic E-state index is 12.7. The molecule has 0 unspecified atom stereocenters. The van der Waals surface area contributed by atoms with E-state index in [2.05, 4.69) is 22.3 Å². The zero-order valence-electron chi connectivity index (χ0n) is 13.6. The summed E-state index contributed by atoms with van der Waals surface area (Å²) in [7, 11) is 1.79. The van der Waals surface area contributed by atoms with Gasteiger partial charge in [-0.2, -0.15) is 5.10 Å². The van der Waals surface area contributed by atoms with Gasteiger partial charge in [-0.1, -0.05) is 12.1 Å². The van der Waals surface area contributed by atoms with Crippen LogP contribution in [0.2, 0.25) is 0 Å². The van der Waals surface area contributed by atoms with Crippen LogP contribution >= 0.6 is 0 Å². The molecule has 1 N–H and O–H groups in total. The minimum Gasteiger partial charge on any atom is -0.361 e. The Hall–Kier alpha value is -2.11. The summed E-state index contributed by atoms with van der Waals surface area (Å²) in [5, 5.41) is 11.2. The van der Waals surface area contributed by atoms with E-state index in [1.54, 1.807) is 11.9 Å². The second kappa shape index (κ2) is 5.59. The lowest BCUT2D eigenvalue weighted by atomic mass is 9.87. The van der Waals surface area contributed by atoms with E-state index >= 15 is 0 Å². The van der Waals surface area contributed by atoms with E-state index < -0.39 is 0 Å². The molecule has 118 valence electrons. The fraction of sp³-hybridized carbons (Fsp3) is 0.562. The molecule has 3 rings (SSSR count). The Bertz CT molecular complexity index is 682. The summed E-state index contributed by atoms with van der Waals surface area (Å²) in [6, 6.07) is 0. The van der Waals surface area contributed by atoms with E-state index in [0.717, 1.165) is 47.5 Å². The van der Waals surface area contributed by atoms with E-state index in [4.69, 9.17) is 4.52 Å². The Morgan fingerprint density at radius 2 is 2.23 bits per heavy atom. The lowest BCUT2D eigenvalue weighted by Crippen LogP contribution is -2.28. The molecule has 1 aliphatic carbocycles. The predicted molar refractivity (Wildman–Crippen MR) is 81.6 cm³/mol. The second-order valence-electron chi connectivity index (χ2n) is 6.34. The van der Waals surface area contributed by atoms with Gasteiger partial charge < -0.3 is 9.42 Å². The number of carbonyl (C=O) groups is 1. The first-order chi connectivity index (χ1) is 10.5. The maximum Gasteiger partial charge on any atom is 0.274 e. The third-order valence-corrected chi connectivity index (χ3v) is 4.52. The molecule has 6 nitrogen and oxygen atoms in total. The van der Waals surface area contributed by atoms with Crippen LogP contribution in [0.1, 0.15) is 52.1 Å². The Morgan fingerprint density at radius 1 is 1.45 bits per heavy atom. The van der Waals surface area contributed by atoms with Crippen molar-refractivity contribution >= 4 is 5.91 Å². The molecule has 22 heavy (non-hydrogen) atoms. The molecule has 0 radical (unpaired) electrons. The van der Waals surface area contributed by atoms with E-state index in [1.807, 2.05) is 13.8 Å². The Kier molecular flexibility index (Phi) is 3.76. The maximum absolute atomic E-state index is 12.7. The van der Waals surface area contributed by atoms with Gasteiger partial charge in [0.2, 0.25) is 0 Å². The fourth-order valence-corrected chi connectivity index (χ4v) is 3.06. The molecule has 0 aliphatic heterocycles. The topological polar surface area (TPSA) is 75.0 Å². The molecule has 0 spiro atoms. The SMILES string of the molecule is Cc1noc(C)c1CN(C)C(=O)c1n[nH]c2c1C[C@@H](C)CC2. The van der Waals surface area contributed by atoms with E-state index in [-0.39, 0.29) is 5.91 Å². The van der Waals surface area contributed by atoms with Crippen molar-refractivity contribution in [3.05, 3.63) is 34.0 Å². The van der Waals surface area contributed by atoms with Crippen LogP contribution in [0.25, 0.3) is 0 Å². The smallest absolute Gasteiger partial charge is 0.274 e. The zero-order valence-corrected chi connectivity index (χ0v) is 13.6. The summed E-state index contributed by atoms with van der Waals surface area (Å²) >= 11 is 0. The number of aryl methyl sites for hydroxylation is 3. The minimum absolute atomic E-state index is 0.0494. The molecule has 2 aromatic rings. The van der Waals surface area contributed by atoms with Crippen molar-refractivity contribution in [3.8, 4) is 0 Å². The number of hydrogen-bond donors (Lipinski definition) is 1. The quantitative estimate of drug-likeness (QED) is 0.944. The fourth-order valence-electron chi connectivity index (χ4n) is 3.06. The number of H-pyrrole nitrogens is 1. The van der Waals surface area contributed by atoms with Crippen molar-refractivity contribution < 1.29 is 9.32 Å². The molecule has 0 saturated heterocycles. The number of fused-ring (bicyclic) bond motifs is 1. The highest BCUT2D eigenvalue weighted by molar-refractivity contribution is 5.93. The summed E-state index contributed by atoms with van der Waals surface area (Å²) in [6.07, 6.45) is 3.05. The lowest BCUT2D eigenvalue weighted by Gasteiger charge is -2.20. The van der Waals surface area contributed by atoms with Gasteiger partial charge in [0.25, 0.3) is 5.91 Å². The third-order valence-electron chi connectivity index (χ3n) is 4.52. The first-order valence-corrected chi connectivity index (χ1v) is 7.70. The van der Waals surface area contributed by atoms with Crippen molar-refractivity contribution in [1.29, 1.82) is 0 Å². The van der Waals surface area contributed by atoms with Crippen LogP contribution in [0.5, 0.6) is 0 Å². The number of nitrogens with zero attached hydrogens (tertiary/aromatic N) is 3. The van der Waals surface area contributed by atoms with E-state index in [1.165, 1.54) is 0 Å². The van der Waals surface area contributed by atoms with Gasteiger partial charge in [0.15, 0.2) is 5.69 Å². The third kappa shape index (κ3) is 2.53. The molecule has 1 aliphatic rings. The van der Waals surface area contributed by atoms with Gasteiger partial charge >= 0.3 is 0 Å². The van der Waals surface area contributed by atoms with Crippen LogP contribution in [0, 0.1) is 19.8 Å². The zero-order chi connectivity index (χ0) is 15.9. The number of carbonyl (C=O) groups excluding carboxylic acids is 1. The normalized spacial score (nSPS) is 17.4. The van der Waals surface area contributed by atoms with Gasteiger partial charge in [-0.3, -0.25) is 9.89 Å². The Balaban J connectivity index is 1.81. The molecule has 0 fully saturated rings. The second-order valence-corrected chi connectivity index (χ2v) is 6.34. The molecule has 0 saturated carbocycles.